The number of aryl methyl sites for hydroxylation is 1. The molecule has 0 amide bonds. The van der Waals surface area contributed by atoms with E-state index in [1.54, 1.807) is 19.2 Å². The van der Waals surface area contributed by atoms with Crippen molar-refractivity contribution >= 4 is 27.3 Å². The zero-order valence-corrected chi connectivity index (χ0v) is 11.4. The van der Waals surface area contributed by atoms with Gasteiger partial charge in [-0.2, -0.15) is 0 Å². The Balaban J connectivity index is 2.46. The molecule has 4 N–H and O–H groups in total. The Morgan fingerprint density at radius 1 is 1.47 bits per heavy atom. The quantitative estimate of drug-likeness (QED) is 0.396. The second-order valence-corrected chi connectivity index (χ2v) is 6.58. The van der Waals surface area contributed by atoms with Gasteiger partial charge in [-0.25, -0.2) is 13.1 Å². The number of nitrogens with two attached hydrogens (primary N) is 1. The lowest BCUT2D eigenvalue weighted by Gasteiger charge is -2.06. The van der Waals surface area contributed by atoms with Gasteiger partial charge in [0.2, 0.25) is 10.0 Å². The number of hydrogen-bond donors (Lipinski definition) is 3. The minimum absolute atomic E-state index is 0.259. The van der Waals surface area contributed by atoms with Crippen molar-refractivity contribution in [3.63, 3.8) is 0 Å². The summed E-state index contributed by atoms with van der Waals surface area (Å²) < 4.78 is 26.3. The minimum Gasteiger partial charge on any atom is -0.370 e. The maximum atomic E-state index is 11.8. The zero-order valence-electron chi connectivity index (χ0n) is 9.73. The van der Waals surface area contributed by atoms with Gasteiger partial charge < -0.3 is 11.1 Å². The maximum Gasteiger partial charge on any atom is 0.250 e. The average molecular weight is 276 g/mol. The van der Waals surface area contributed by atoms with Gasteiger partial charge in [-0.1, -0.05) is 0 Å². The van der Waals surface area contributed by atoms with Crippen molar-refractivity contribution in [1.82, 2.24) is 10.0 Å². The lowest BCUT2D eigenvalue weighted by molar-refractivity contribution is 0.583. The first-order valence-corrected chi connectivity index (χ1v) is 7.28. The number of hydrogen-bond acceptors (Lipinski definition) is 4. The Hall–Kier alpha value is -1.12. The summed E-state index contributed by atoms with van der Waals surface area (Å²) in [5.74, 6) is 0.288. The predicted molar refractivity (Wildman–Crippen MR) is 69.8 cm³/mol. The number of thiophene rings is 1. The van der Waals surface area contributed by atoms with Crippen LogP contribution < -0.4 is 15.8 Å². The molecule has 0 aromatic carbocycles. The van der Waals surface area contributed by atoms with E-state index in [1.807, 2.05) is 6.92 Å². The molecule has 0 saturated carbocycles. The number of aliphatic imine (C=N–C) groups is 1. The number of nitrogens with zero attached hydrogens (tertiary/aromatic N) is 1. The summed E-state index contributed by atoms with van der Waals surface area (Å²) >= 11 is 1.24. The van der Waals surface area contributed by atoms with Crippen LogP contribution in [0.5, 0.6) is 0 Å². The molecule has 0 saturated heterocycles. The van der Waals surface area contributed by atoms with Crippen molar-refractivity contribution in [2.24, 2.45) is 10.7 Å². The molecule has 0 atom stereocenters. The van der Waals surface area contributed by atoms with E-state index in [-0.39, 0.29) is 12.5 Å². The van der Waals surface area contributed by atoms with E-state index < -0.39 is 10.0 Å². The third-order valence-corrected chi connectivity index (χ3v) is 4.90. The molecule has 1 aromatic rings. The van der Waals surface area contributed by atoms with Gasteiger partial charge >= 0.3 is 0 Å². The van der Waals surface area contributed by atoms with Crippen LogP contribution in [0.25, 0.3) is 0 Å². The van der Waals surface area contributed by atoms with Crippen molar-refractivity contribution in [2.75, 3.05) is 20.1 Å². The van der Waals surface area contributed by atoms with E-state index in [4.69, 9.17) is 5.73 Å². The Morgan fingerprint density at radius 2 is 2.18 bits per heavy atom. The SMILES string of the molecule is CN=C(N)NCCNS(=O)(=O)c1ccc(C)s1. The highest BCUT2D eigenvalue weighted by Crippen LogP contribution is 2.19. The average Bonchev–Trinajstić information content (AvgIpc) is 2.71. The Bertz CT molecular complexity index is 493. The summed E-state index contributed by atoms with van der Waals surface area (Å²) in [5.41, 5.74) is 5.40. The van der Waals surface area contributed by atoms with Crippen molar-refractivity contribution < 1.29 is 8.42 Å². The topological polar surface area (TPSA) is 96.6 Å². The third-order valence-electron chi connectivity index (χ3n) is 1.94. The third kappa shape index (κ3) is 4.33. The molecule has 1 heterocycles. The molecule has 17 heavy (non-hydrogen) atoms. The van der Waals surface area contributed by atoms with Gasteiger partial charge in [0.15, 0.2) is 5.96 Å². The van der Waals surface area contributed by atoms with Crippen LogP contribution in [0.1, 0.15) is 4.88 Å². The van der Waals surface area contributed by atoms with Gasteiger partial charge in [-0.05, 0) is 19.1 Å². The molecule has 8 heteroatoms. The lowest BCUT2D eigenvalue weighted by atomic mass is 10.5. The summed E-state index contributed by atoms with van der Waals surface area (Å²) in [6.45, 7) is 2.52. The maximum absolute atomic E-state index is 11.8. The first-order chi connectivity index (χ1) is 7.95. The number of nitrogens with one attached hydrogen (secondary N) is 2. The molecule has 0 unspecified atom stereocenters. The van der Waals surface area contributed by atoms with E-state index in [2.05, 4.69) is 15.0 Å². The second-order valence-electron chi connectivity index (χ2n) is 3.30. The minimum atomic E-state index is -3.40. The fraction of sp³-hybridized carbons (Fsp3) is 0.444. The van der Waals surface area contributed by atoms with Gasteiger partial charge in [-0.3, -0.25) is 4.99 Å². The molecule has 0 bridgehead atoms. The van der Waals surface area contributed by atoms with Crippen LogP contribution in [0.4, 0.5) is 0 Å². The van der Waals surface area contributed by atoms with Crippen molar-refractivity contribution in [2.45, 2.75) is 11.1 Å². The molecule has 0 aliphatic rings. The predicted octanol–water partition coefficient (Wildman–Crippen LogP) is -0.131. The largest absolute Gasteiger partial charge is 0.370 e. The van der Waals surface area contributed by atoms with E-state index in [0.29, 0.717) is 10.8 Å². The fourth-order valence-corrected chi connectivity index (χ4v) is 3.44. The van der Waals surface area contributed by atoms with E-state index in [1.165, 1.54) is 11.3 Å². The molecule has 0 radical (unpaired) electrons. The Labute approximate surface area is 105 Å². The van der Waals surface area contributed by atoms with E-state index >= 15 is 0 Å². The normalized spacial score (nSPS) is 12.7. The van der Waals surface area contributed by atoms with E-state index in [9.17, 15) is 8.42 Å². The summed E-state index contributed by atoms with van der Waals surface area (Å²) in [4.78, 5) is 4.66. The monoisotopic (exact) mass is 276 g/mol. The van der Waals surface area contributed by atoms with Crippen LogP contribution in [0.15, 0.2) is 21.3 Å². The van der Waals surface area contributed by atoms with Gasteiger partial charge in [0, 0.05) is 25.0 Å². The summed E-state index contributed by atoms with van der Waals surface area (Å²) in [6.07, 6.45) is 0. The number of sulfonamides is 1. The van der Waals surface area contributed by atoms with Crippen molar-refractivity contribution in [3.8, 4) is 0 Å². The number of guanidine groups is 1. The van der Waals surface area contributed by atoms with Crippen LogP contribution in [-0.2, 0) is 10.0 Å². The highest BCUT2D eigenvalue weighted by atomic mass is 32.2. The molecular weight excluding hydrogens is 260 g/mol. The van der Waals surface area contributed by atoms with Gasteiger partial charge in [0.05, 0.1) is 0 Å². The Kier molecular flexibility index (Phi) is 4.91. The Morgan fingerprint density at radius 3 is 2.71 bits per heavy atom. The van der Waals surface area contributed by atoms with Gasteiger partial charge in [-0.15, -0.1) is 11.3 Å². The van der Waals surface area contributed by atoms with Gasteiger partial charge in [0.25, 0.3) is 0 Å². The molecule has 0 fully saturated rings. The molecule has 1 aromatic heterocycles. The second kappa shape index (κ2) is 5.99. The first kappa shape index (κ1) is 13.9. The highest BCUT2D eigenvalue weighted by Gasteiger charge is 2.14. The van der Waals surface area contributed by atoms with Crippen LogP contribution >= 0.6 is 11.3 Å². The summed E-state index contributed by atoms with van der Waals surface area (Å²) in [7, 11) is -1.84. The lowest BCUT2D eigenvalue weighted by Crippen LogP contribution is -2.38. The molecule has 0 spiro atoms. The highest BCUT2D eigenvalue weighted by molar-refractivity contribution is 7.91. The van der Waals surface area contributed by atoms with Crippen LogP contribution in [0, 0.1) is 6.92 Å². The summed E-state index contributed by atoms with van der Waals surface area (Å²) in [6, 6.07) is 3.37. The number of rotatable bonds is 5. The molecule has 6 nitrogen and oxygen atoms in total. The molecule has 96 valence electrons. The van der Waals surface area contributed by atoms with Crippen LogP contribution in [0.3, 0.4) is 0 Å². The van der Waals surface area contributed by atoms with E-state index in [0.717, 1.165) is 4.88 Å². The molecular formula is C9H16N4O2S2. The first-order valence-electron chi connectivity index (χ1n) is 4.98. The molecule has 1 rings (SSSR count). The van der Waals surface area contributed by atoms with Crippen molar-refractivity contribution in [1.29, 1.82) is 0 Å². The standard InChI is InChI=1S/C9H16N4O2S2/c1-7-3-4-8(16-7)17(14,15)13-6-5-12-9(10)11-2/h3-4,13H,5-6H2,1-2H3,(H3,10,11,12). The molecule has 0 aliphatic carbocycles. The zero-order chi connectivity index (χ0) is 12.9. The van der Waals surface area contributed by atoms with Crippen LogP contribution in [0.2, 0.25) is 0 Å². The molecule has 0 aliphatic heterocycles. The van der Waals surface area contributed by atoms with Crippen molar-refractivity contribution in [3.05, 3.63) is 17.0 Å². The fourth-order valence-electron chi connectivity index (χ4n) is 1.08. The summed E-state index contributed by atoms with van der Waals surface area (Å²) in [5, 5.41) is 2.77. The van der Waals surface area contributed by atoms with Gasteiger partial charge in [0.1, 0.15) is 4.21 Å². The smallest absolute Gasteiger partial charge is 0.250 e. The van der Waals surface area contributed by atoms with Crippen LogP contribution in [-0.4, -0.2) is 34.5 Å².